The molecule has 0 unspecified atom stereocenters. The highest BCUT2D eigenvalue weighted by molar-refractivity contribution is 5.52. The van der Waals surface area contributed by atoms with Crippen LogP contribution in [0.15, 0.2) is 24.5 Å². The van der Waals surface area contributed by atoms with Crippen LogP contribution in [0.25, 0.3) is 0 Å². The molecule has 3 aromatic rings. The smallest absolute Gasteiger partial charge is 0.153 e. The van der Waals surface area contributed by atoms with Gasteiger partial charge in [-0.3, -0.25) is 10.00 Å². The molecule has 2 N–H and O–H groups in total. The van der Waals surface area contributed by atoms with Crippen LogP contribution in [-0.4, -0.2) is 48.1 Å². The van der Waals surface area contributed by atoms with Gasteiger partial charge in [-0.05, 0) is 45.6 Å². The van der Waals surface area contributed by atoms with Gasteiger partial charge >= 0.3 is 0 Å². The molecule has 1 saturated heterocycles. The van der Waals surface area contributed by atoms with Gasteiger partial charge in [-0.15, -0.1) is 0 Å². The molecule has 0 radical (unpaired) electrons. The minimum absolute atomic E-state index is 0.587. The molecule has 1 atom stereocenters. The van der Waals surface area contributed by atoms with Crippen LogP contribution in [0, 0.1) is 19.8 Å². The van der Waals surface area contributed by atoms with E-state index in [2.05, 4.69) is 47.3 Å². The van der Waals surface area contributed by atoms with Crippen molar-refractivity contribution in [3.05, 3.63) is 53.1 Å². The van der Waals surface area contributed by atoms with Gasteiger partial charge in [-0.1, -0.05) is 6.92 Å². The SMILES string of the molecule is CCc1ncc(CN2CCC[C@H](Cc3cc(Nc4cc(C)[nH]n4)nc(C)n3)C2)cn1. The Bertz CT molecular complexity index is 966. The molecule has 4 rings (SSSR count). The van der Waals surface area contributed by atoms with Crippen LogP contribution in [0.2, 0.25) is 0 Å². The summed E-state index contributed by atoms with van der Waals surface area (Å²) in [6, 6.07) is 4.01. The summed E-state index contributed by atoms with van der Waals surface area (Å²) >= 11 is 0. The Balaban J connectivity index is 1.38. The Morgan fingerprint density at radius 2 is 1.97 bits per heavy atom. The predicted molar refractivity (Wildman–Crippen MR) is 116 cm³/mol. The number of hydrogen-bond donors (Lipinski definition) is 2. The first kappa shape index (κ1) is 20.4. The molecule has 1 aliphatic rings. The van der Waals surface area contributed by atoms with Crippen LogP contribution in [0.5, 0.6) is 0 Å². The highest BCUT2D eigenvalue weighted by Gasteiger charge is 2.21. The minimum Gasteiger partial charge on any atom is -0.323 e. The lowest BCUT2D eigenvalue weighted by Gasteiger charge is -2.32. The largest absolute Gasteiger partial charge is 0.323 e. The van der Waals surface area contributed by atoms with Crippen molar-refractivity contribution in [2.24, 2.45) is 5.92 Å². The average Bonchev–Trinajstić information content (AvgIpc) is 3.13. The first-order valence-electron chi connectivity index (χ1n) is 10.7. The second kappa shape index (κ2) is 9.30. The summed E-state index contributed by atoms with van der Waals surface area (Å²) < 4.78 is 0. The zero-order valence-electron chi connectivity index (χ0n) is 18.0. The Kier molecular flexibility index (Phi) is 6.32. The molecule has 0 bridgehead atoms. The molecule has 4 heterocycles. The number of aromatic nitrogens is 6. The molecule has 158 valence electrons. The minimum atomic E-state index is 0.587. The quantitative estimate of drug-likeness (QED) is 0.621. The predicted octanol–water partition coefficient (Wildman–Crippen LogP) is 3.37. The summed E-state index contributed by atoms with van der Waals surface area (Å²) in [5, 5.41) is 10.5. The summed E-state index contributed by atoms with van der Waals surface area (Å²) in [4.78, 5) is 20.6. The molecule has 0 amide bonds. The zero-order valence-corrected chi connectivity index (χ0v) is 18.0. The van der Waals surface area contributed by atoms with Crippen LogP contribution in [-0.2, 0) is 19.4 Å². The second-order valence-electron chi connectivity index (χ2n) is 8.16. The number of nitrogens with one attached hydrogen (secondary N) is 2. The van der Waals surface area contributed by atoms with Crippen LogP contribution in [0.4, 0.5) is 11.6 Å². The maximum atomic E-state index is 4.69. The first-order valence-corrected chi connectivity index (χ1v) is 10.7. The summed E-state index contributed by atoms with van der Waals surface area (Å²) in [7, 11) is 0. The van der Waals surface area contributed by atoms with Gasteiger partial charge in [-0.2, -0.15) is 5.10 Å². The van der Waals surface area contributed by atoms with Crippen LogP contribution >= 0.6 is 0 Å². The molecule has 1 fully saturated rings. The van der Waals surface area contributed by atoms with Crippen molar-refractivity contribution >= 4 is 11.6 Å². The topological polar surface area (TPSA) is 95.5 Å². The number of likely N-dealkylation sites (tertiary alicyclic amines) is 1. The van der Waals surface area contributed by atoms with Crippen LogP contribution in [0.1, 0.15) is 48.4 Å². The summed E-state index contributed by atoms with van der Waals surface area (Å²) in [5.41, 5.74) is 3.28. The van der Waals surface area contributed by atoms with Gasteiger partial charge in [0.15, 0.2) is 5.82 Å². The van der Waals surface area contributed by atoms with Crippen LogP contribution in [0.3, 0.4) is 0 Å². The Labute approximate surface area is 177 Å². The van der Waals surface area contributed by atoms with E-state index in [9.17, 15) is 0 Å². The fourth-order valence-corrected chi connectivity index (χ4v) is 4.07. The molecule has 0 aliphatic carbocycles. The maximum Gasteiger partial charge on any atom is 0.153 e. The number of hydrogen-bond acceptors (Lipinski definition) is 7. The summed E-state index contributed by atoms with van der Waals surface area (Å²) in [5.74, 6) is 3.85. The molecule has 3 aromatic heterocycles. The van der Waals surface area contributed by atoms with Gasteiger partial charge in [0, 0.05) is 61.0 Å². The van der Waals surface area contributed by atoms with Crippen molar-refractivity contribution in [3.8, 4) is 0 Å². The van der Waals surface area contributed by atoms with Gasteiger partial charge in [-0.25, -0.2) is 19.9 Å². The number of aromatic amines is 1. The molecule has 0 spiro atoms. The van der Waals surface area contributed by atoms with Crippen molar-refractivity contribution in [3.63, 3.8) is 0 Å². The number of aryl methyl sites for hydroxylation is 3. The van der Waals surface area contributed by atoms with E-state index in [1.54, 1.807) is 0 Å². The molecule has 1 aliphatic heterocycles. The molecule has 30 heavy (non-hydrogen) atoms. The molecule has 8 heteroatoms. The first-order chi connectivity index (χ1) is 14.6. The maximum absolute atomic E-state index is 4.69. The van der Waals surface area contributed by atoms with Gasteiger partial charge < -0.3 is 5.32 Å². The fraction of sp³-hybridized carbons (Fsp3) is 0.500. The number of H-pyrrole nitrogens is 1. The highest BCUT2D eigenvalue weighted by atomic mass is 15.2. The van der Waals surface area contributed by atoms with E-state index in [0.717, 1.165) is 67.1 Å². The van der Waals surface area contributed by atoms with E-state index in [1.807, 2.05) is 38.4 Å². The number of nitrogens with zero attached hydrogens (tertiary/aromatic N) is 6. The van der Waals surface area contributed by atoms with Gasteiger partial charge in [0.05, 0.1) is 0 Å². The van der Waals surface area contributed by atoms with Crippen molar-refractivity contribution in [2.45, 2.75) is 53.0 Å². The Morgan fingerprint density at radius 1 is 1.13 bits per heavy atom. The second-order valence-corrected chi connectivity index (χ2v) is 8.16. The standard InChI is InChI=1S/C22H30N8/c1-4-20-23-11-18(12-24-20)14-30-7-5-6-17(13-30)9-19-10-21(26-16(3)25-19)27-22-8-15(2)28-29-22/h8,10-12,17H,4-7,9,13-14H2,1-3H3,(H2,25,26,27,28,29)/t17-/m1/s1. The monoisotopic (exact) mass is 406 g/mol. The van der Waals surface area contributed by atoms with E-state index in [4.69, 9.17) is 0 Å². The third kappa shape index (κ3) is 5.38. The molecular formula is C22H30N8. The lowest BCUT2D eigenvalue weighted by Crippen LogP contribution is -2.36. The third-order valence-electron chi connectivity index (χ3n) is 5.44. The number of piperidine rings is 1. The lowest BCUT2D eigenvalue weighted by atomic mass is 9.93. The average molecular weight is 407 g/mol. The third-order valence-corrected chi connectivity index (χ3v) is 5.44. The van der Waals surface area contributed by atoms with Crippen molar-refractivity contribution in [2.75, 3.05) is 18.4 Å². The van der Waals surface area contributed by atoms with Crippen LogP contribution < -0.4 is 5.32 Å². The Hall–Kier alpha value is -2.87. The van der Waals surface area contributed by atoms with Crippen molar-refractivity contribution < 1.29 is 0 Å². The molecular weight excluding hydrogens is 376 g/mol. The van der Waals surface area contributed by atoms with Gasteiger partial charge in [0.25, 0.3) is 0 Å². The zero-order chi connectivity index (χ0) is 20.9. The highest BCUT2D eigenvalue weighted by Crippen LogP contribution is 2.23. The Morgan fingerprint density at radius 3 is 2.70 bits per heavy atom. The van der Waals surface area contributed by atoms with Gasteiger partial charge in [0.2, 0.25) is 0 Å². The van der Waals surface area contributed by atoms with E-state index < -0.39 is 0 Å². The normalized spacial score (nSPS) is 17.2. The van der Waals surface area contributed by atoms with Gasteiger partial charge in [0.1, 0.15) is 17.5 Å². The molecule has 0 saturated carbocycles. The van der Waals surface area contributed by atoms with E-state index in [1.165, 1.54) is 18.4 Å². The van der Waals surface area contributed by atoms with Crippen molar-refractivity contribution in [1.82, 2.24) is 35.0 Å². The fourth-order valence-electron chi connectivity index (χ4n) is 4.07. The lowest BCUT2D eigenvalue weighted by molar-refractivity contribution is 0.166. The van der Waals surface area contributed by atoms with E-state index in [-0.39, 0.29) is 0 Å². The van der Waals surface area contributed by atoms with E-state index >= 15 is 0 Å². The van der Waals surface area contributed by atoms with E-state index in [0.29, 0.717) is 5.92 Å². The van der Waals surface area contributed by atoms with Crippen molar-refractivity contribution in [1.29, 1.82) is 0 Å². The summed E-state index contributed by atoms with van der Waals surface area (Å²) in [6.07, 6.45) is 8.21. The summed E-state index contributed by atoms with van der Waals surface area (Å²) in [6.45, 7) is 9.11. The number of anilines is 2. The molecule has 0 aromatic carbocycles. The number of rotatable bonds is 7. The molecule has 8 nitrogen and oxygen atoms in total.